The number of likely N-dealkylation sites (tertiary alicyclic amines) is 1. The number of piperidine rings is 1. The van der Waals surface area contributed by atoms with Crippen LogP contribution in [0, 0.1) is 0 Å². The van der Waals surface area contributed by atoms with Gasteiger partial charge in [-0.2, -0.15) is 0 Å². The molecular weight excluding hydrogens is 394 g/mol. The summed E-state index contributed by atoms with van der Waals surface area (Å²) in [5.74, 6) is 0.956. The van der Waals surface area contributed by atoms with Gasteiger partial charge in [0.15, 0.2) is 0 Å². The minimum atomic E-state index is 0.323. The number of nitrogens with one attached hydrogen (secondary N) is 1. The fraction of sp³-hybridized carbons (Fsp3) is 0.250. The quantitative estimate of drug-likeness (QED) is 0.460. The molecule has 2 aliphatic rings. The summed E-state index contributed by atoms with van der Waals surface area (Å²) in [4.78, 5) is 10.4. The van der Waals surface area contributed by atoms with Crippen molar-refractivity contribution in [3.63, 3.8) is 0 Å². The molecule has 2 aromatic heterocycles. The van der Waals surface area contributed by atoms with E-state index >= 15 is 0 Å². The number of hydrogen-bond donors (Lipinski definition) is 1. The fourth-order valence-corrected chi connectivity index (χ4v) is 4.87. The van der Waals surface area contributed by atoms with E-state index in [9.17, 15) is 0 Å². The van der Waals surface area contributed by atoms with E-state index in [1.54, 1.807) is 0 Å². The third kappa shape index (κ3) is 3.61. The first-order valence-electron chi connectivity index (χ1n) is 11.5. The van der Waals surface area contributed by atoms with Gasteiger partial charge in [-0.25, -0.2) is 0 Å². The normalized spacial score (nSPS) is 16.8. The van der Waals surface area contributed by atoms with Crippen LogP contribution in [0.15, 0.2) is 73.1 Å². The Morgan fingerprint density at radius 2 is 1.75 bits per heavy atom. The fourth-order valence-electron chi connectivity index (χ4n) is 4.87. The smallest absolute Gasteiger partial charge is 0.119 e. The van der Waals surface area contributed by atoms with Crippen molar-refractivity contribution in [3.8, 4) is 16.9 Å². The maximum atomic E-state index is 6.22. The molecule has 3 heterocycles. The SMILES string of the molecule is CN1CCC(Oc2ccc(-c3cnc4c(c3)C(c3ccc5[nH]ccc5c3)=CC4)cc2)CC1. The van der Waals surface area contributed by atoms with E-state index < -0.39 is 0 Å². The van der Waals surface area contributed by atoms with E-state index in [1.165, 1.54) is 33.2 Å². The number of H-pyrrole nitrogens is 1. The van der Waals surface area contributed by atoms with E-state index in [-0.39, 0.29) is 0 Å². The molecule has 0 spiro atoms. The molecule has 6 rings (SSSR count). The first-order valence-corrected chi connectivity index (χ1v) is 11.5. The van der Waals surface area contributed by atoms with Crippen LogP contribution in [-0.2, 0) is 6.42 Å². The molecule has 0 saturated carbocycles. The van der Waals surface area contributed by atoms with E-state index in [0.29, 0.717) is 6.10 Å². The molecule has 0 atom stereocenters. The Kier molecular flexibility index (Phi) is 4.80. The van der Waals surface area contributed by atoms with Crippen LogP contribution >= 0.6 is 0 Å². The Bertz CT molecular complexity index is 1290. The highest BCUT2D eigenvalue weighted by Crippen LogP contribution is 2.35. The summed E-state index contributed by atoms with van der Waals surface area (Å²) in [7, 11) is 2.18. The second-order valence-electron chi connectivity index (χ2n) is 8.96. The summed E-state index contributed by atoms with van der Waals surface area (Å²) in [6, 6.07) is 19.5. The van der Waals surface area contributed by atoms with Crippen LogP contribution in [0.5, 0.6) is 5.75 Å². The molecule has 1 N–H and O–H groups in total. The van der Waals surface area contributed by atoms with E-state index in [0.717, 1.165) is 49.4 Å². The summed E-state index contributed by atoms with van der Waals surface area (Å²) in [5.41, 5.74) is 8.40. The van der Waals surface area contributed by atoms with Crippen LogP contribution in [0.4, 0.5) is 0 Å². The lowest BCUT2D eigenvalue weighted by atomic mass is 9.97. The summed E-state index contributed by atoms with van der Waals surface area (Å²) in [5, 5.41) is 1.24. The van der Waals surface area contributed by atoms with Crippen molar-refractivity contribution in [2.75, 3.05) is 20.1 Å². The van der Waals surface area contributed by atoms with Crippen molar-refractivity contribution in [3.05, 3.63) is 89.9 Å². The van der Waals surface area contributed by atoms with Gasteiger partial charge in [-0.1, -0.05) is 24.3 Å². The third-order valence-corrected chi connectivity index (χ3v) is 6.78. The van der Waals surface area contributed by atoms with E-state index in [1.807, 2.05) is 12.4 Å². The van der Waals surface area contributed by atoms with Crippen LogP contribution in [0.2, 0.25) is 0 Å². The van der Waals surface area contributed by atoms with E-state index in [2.05, 4.69) is 77.6 Å². The average molecular weight is 422 g/mol. The molecule has 160 valence electrons. The summed E-state index contributed by atoms with van der Waals surface area (Å²) in [6.07, 6.45) is 9.69. The molecule has 0 bridgehead atoms. The lowest BCUT2D eigenvalue weighted by Gasteiger charge is -2.29. The number of aromatic amines is 1. The number of rotatable bonds is 4. The van der Waals surface area contributed by atoms with Crippen LogP contribution in [-0.4, -0.2) is 41.1 Å². The minimum Gasteiger partial charge on any atom is -0.490 e. The predicted octanol–water partition coefficient (Wildman–Crippen LogP) is 5.69. The van der Waals surface area contributed by atoms with Gasteiger partial charge in [-0.15, -0.1) is 0 Å². The zero-order valence-electron chi connectivity index (χ0n) is 18.3. The monoisotopic (exact) mass is 421 g/mol. The molecule has 4 aromatic rings. The van der Waals surface area contributed by atoms with Gasteiger partial charge in [0.25, 0.3) is 0 Å². The molecule has 1 fully saturated rings. The van der Waals surface area contributed by atoms with Gasteiger partial charge >= 0.3 is 0 Å². The third-order valence-electron chi connectivity index (χ3n) is 6.78. The van der Waals surface area contributed by atoms with Crippen molar-refractivity contribution in [1.29, 1.82) is 0 Å². The Morgan fingerprint density at radius 3 is 2.59 bits per heavy atom. The van der Waals surface area contributed by atoms with Crippen molar-refractivity contribution >= 4 is 16.5 Å². The number of hydrogen-bond acceptors (Lipinski definition) is 3. The molecule has 4 nitrogen and oxygen atoms in total. The van der Waals surface area contributed by atoms with Crippen molar-refractivity contribution in [2.24, 2.45) is 0 Å². The van der Waals surface area contributed by atoms with Crippen LogP contribution in [0.1, 0.15) is 29.7 Å². The lowest BCUT2D eigenvalue weighted by Crippen LogP contribution is -2.35. The van der Waals surface area contributed by atoms with Gasteiger partial charge in [-0.3, -0.25) is 4.98 Å². The Labute approximate surface area is 188 Å². The minimum absolute atomic E-state index is 0.323. The van der Waals surface area contributed by atoms with Gasteiger partial charge in [0.1, 0.15) is 11.9 Å². The van der Waals surface area contributed by atoms with Crippen molar-refractivity contribution in [2.45, 2.75) is 25.4 Å². The molecule has 1 aliphatic carbocycles. The van der Waals surface area contributed by atoms with Crippen molar-refractivity contribution in [1.82, 2.24) is 14.9 Å². The molecule has 1 saturated heterocycles. The highest BCUT2D eigenvalue weighted by Gasteiger charge is 2.19. The van der Waals surface area contributed by atoms with Gasteiger partial charge in [0, 0.05) is 48.5 Å². The summed E-state index contributed by atoms with van der Waals surface area (Å²) < 4.78 is 6.22. The maximum Gasteiger partial charge on any atom is 0.119 e. The van der Waals surface area contributed by atoms with Gasteiger partial charge in [0.05, 0.1) is 5.69 Å². The molecule has 32 heavy (non-hydrogen) atoms. The van der Waals surface area contributed by atoms with Crippen LogP contribution < -0.4 is 4.74 Å². The maximum absolute atomic E-state index is 6.22. The second kappa shape index (κ2) is 7.95. The highest BCUT2D eigenvalue weighted by atomic mass is 16.5. The first-order chi connectivity index (χ1) is 15.7. The molecule has 0 unspecified atom stereocenters. The summed E-state index contributed by atoms with van der Waals surface area (Å²) >= 11 is 0. The number of pyridine rings is 1. The molecule has 1 aliphatic heterocycles. The first kappa shape index (κ1) is 19.3. The zero-order chi connectivity index (χ0) is 21.5. The van der Waals surface area contributed by atoms with Crippen LogP contribution in [0.25, 0.3) is 27.6 Å². The Hall–Kier alpha value is -3.37. The second-order valence-corrected chi connectivity index (χ2v) is 8.96. The number of fused-ring (bicyclic) bond motifs is 2. The van der Waals surface area contributed by atoms with Crippen molar-refractivity contribution < 1.29 is 4.74 Å². The standard InChI is InChI=1S/C28H27N3O/c1-31-14-11-24(12-15-31)32-23-5-2-19(3-6-23)22-17-26-25(7-9-28(26)30-18-22)20-4-8-27-21(16-20)10-13-29-27/h2-8,10,13,16-18,24,29H,9,11-12,14-15H2,1H3. The molecule has 4 heteroatoms. The zero-order valence-corrected chi connectivity index (χ0v) is 18.3. The number of ether oxygens (including phenoxy) is 1. The number of benzene rings is 2. The Balaban J connectivity index is 1.24. The highest BCUT2D eigenvalue weighted by molar-refractivity contribution is 5.90. The molecule has 0 amide bonds. The molecule has 2 aromatic carbocycles. The number of aromatic nitrogens is 2. The number of allylic oxidation sites excluding steroid dienone is 1. The van der Waals surface area contributed by atoms with Gasteiger partial charge in [-0.05, 0) is 78.4 Å². The Morgan fingerprint density at radius 1 is 0.938 bits per heavy atom. The average Bonchev–Trinajstić information content (AvgIpc) is 3.47. The lowest BCUT2D eigenvalue weighted by molar-refractivity contribution is 0.114. The topological polar surface area (TPSA) is 41.1 Å². The summed E-state index contributed by atoms with van der Waals surface area (Å²) in [6.45, 7) is 2.22. The van der Waals surface area contributed by atoms with E-state index in [4.69, 9.17) is 9.72 Å². The number of nitrogens with zero attached hydrogens (tertiary/aromatic N) is 2. The van der Waals surface area contributed by atoms with Gasteiger partial charge in [0.2, 0.25) is 0 Å². The van der Waals surface area contributed by atoms with Crippen LogP contribution in [0.3, 0.4) is 0 Å². The molecule has 0 radical (unpaired) electrons. The molecular formula is C28H27N3O. The van der Waals surface area contributed by atoms with Gasteiger partial charge < -0.3 is 14.6 Å². The predicted molar refractivity (Wildman–Crippen MR) is 130 cm³/mol. The largest absolute Gasteiger partial charge is 0.490 e.